The van der Waals surface area contributed by atoms with E-state index in [9.17, 15) is 9.59 Å². The fourth-order valence-electron chi connectivity index (χ4n) is 3.45. The summed E-state index contributed by atoms with van der Waals surface area (Å²) in [6.07, 6.45) is 4.73. The molecule has 0 N–H and O–H groups in total. The number of hydrogen-bond acceptors (Lipinski definition) is 5. The normalized spacial score (nSPS) is 23.5. The second kappa shape index (κ2) is 6.07. The van der Waals surface area contributed by atoms with Crippen LogP contribution in [0.1, 0.15) is 34.8 Å². The molecule has 0 unspecified atom stereocenters. The number of fused-ring (bicyclic) bond motifs is 1. The molecule has 2 aromatic rings. The largest absolute Gasteiger partial charge is 0.448 e. The fourth-order valence-corrected chi connectivity index (χ4v) is 3.45. The average Bonchev–Trinajstić information content (AvgIpc) is 3.16. The summed E-state index contributed by atoms with van der Waals surface area (Å²) in [7, 11) is 0. The predicted octanol–water partition coefficient (Wildman–Crippen LogP) is 1.22. The first-order valence-corrected chi connectivity index (χ1v) is 8.14. The van der Waals surface area contributed by atoms with E-state index in [2.05, 4.69) is 10.1 Å². The van der Waals surface area contributed by atoms with Gasteiger partial charge in [0.25, 0.3) is 5.91 Å². The van der Waals surface area contributed by atoms with Gasteiger partial charge in [0, 0.05) is 19.5 Å². The zero-order valence-electron chi connectivity index (χ0n) is 13.2. The molecule has 1 aromatic carbocycles. The minimum atomic E-state index is -0.734. The summed E-state index contributed by atoms with van der Waals surface area (Å²) in [6.45, 7) is 1.25. The number of hydrogen-bond donors (Lipinski definition) is 0. The monoisotopic (exact) mass is 326 g/mol. The highest BCUT2D eigenvalue weighted by atomic mass is 16.5. The van der Waals surface area contributed by atoms with Crippen molar-refractivity contribution in [2.75, 3.05) is 13.1 Å². The number of ether oxygens (including phenoxy) is 1. The molecule has 124 valence electrons. The molecule has 0 bridgehead atoms. The van der Waals surface area contributed by atoms with Crippen molar-refractivity contribution in [3.05, 3.63) is 48.0 Å². The van der Waals surface area contributed by atoms with Gasteiger partial charge in [-0.15, -0.1) is 0 Å². The minimum absolute atomic E-state index is 0.122. The number of likely N-dealkylation sites (tertiary alicyclic amines) is 1. The van der Waals surface area contributed by atoms with Crippen molar-refractivity contribution < 1.29 is 14.3 Å². The number of esters is 1. The molecule has 0 saturated carbocycles. The van der Waals surface area contributed by atoms with Crippen molar-refractivity contribution in [3.63, 3.8) is 0 Å². The van der Waals surface area contributed by atoms with Crippen LogP contribution in [0.2, 0.25) is 0 Å². The molecule has 0 spiro atoms. The van der Waals surface area contributed by atoms with Crippen molar-refractivity contribution in [1.29, 1.82) is 0 Å². The zero-order chi connectivity index (χ0) is 16.5. The van der Waals surface area contributed by atoms with E-state index < -0.39 is 12.1 Å². The molecule has 2 aliphatic rings. The molecule has 7 heteroatoms. The first kappa shape index (κ1) is 14.9. The summed E-state index contributed by atoms with van der Waals surface area (Å²) in [4.78, 5) is 30.7. The van der Waals surface area contributed by atoms with Crippen LogP contribution >= 0.6 is 0 Å². The van der Waals surface area contributed by atoms with Crippen molar-refractivity contribution in [2.45, 2.75) is 31.4 Å². The van der Waals surface area contributed by atoms with Gasteiger partial charge in [-0.2, -0.15) is 5.10 Å². The first-order valence-electron chi connectivity index (χ1n) is 8.14. The maximum atomic E-state index is 12.8. The van der Waals surface area contributed by atoms with Gasteiger partial charge in [0.2, 0.25) is 0 Å². The van der Waals surface area contributed by atoms with E-state index in [1.807, 2.05) is 12.1 Å². The Hall–Kier alpha value is -2.70. The van der Waals surface area contributed by atoms with Gasteiger partial charge in [0.1, 0.15) is 12.7 Å². The molecule has 24 heavy (non-hydrogen) atoms. The van der Waals surface area contributed by atoms with Crippen LogP contribution in [0.25, 0.3) is 0 Å². The summed E-state index contributed by atoms with van der Waals surface area (Å²) in [6, 6.07) is 7.41. The van der Waals surface area contributed by atoms with Crippen LogP contribution in [0, 0.1) is 0 Å². The van der Waals surface area contributed by atoms with Crippen molar-refractivity contribution >= 4 is 11.9 Å². The maximum Gasteiger partial charge on any atom is 0.339 e. The van der Waals surface area contributed by atoms with Crippen molar-refractivity contribution in [2.24, 2.45) is 0 Å². The highest BCUT2D eigenvalue weighted by Crippen LogP contribution is 2.25. The summed E-state index contributed by atoms with van der Waals surface area (Å²) in [5.74, 6) is -0.539. The SMILES string of the molecule is O=C1O[C@@H](C(=O)N2CCC[C@@H](n3cncn3)C2)Cc2ccccc21. The molecule has 1 aromatic heterocycles. The van der Waals surface area contributed by atoms with Crippen molar-refractivity contribution in [1.82, 2.24) is 19.7 Å². The molecule has 2 aliphatic heterocycles. The van der Waals surface area contributed by atoms with E-state index in [0.717, 1.165) is 18.4 Å². The Morgan fingerprint density at radius 3 is 3.00 bits per heavy atom. The van der Waals surface area contributed by atoms with Gasteiger partial charge < -0.3 is 9.64 Å². The van der Waals surface area contributed by atoms with Crippen LogP contribution in [-0.4, -0.2) is 50.7 Å². The third-order valence-corrected chi connectivity index (χ3v) is 4.69. The molecular weight excluding hydrogens is 308 g/mol. The van der Waals surface area contributed by atoms with E-state index in [-0.39, 0.29) is 11.9 Å². The Kier molecular flexibility index (Phi) is 3.76. The fraction of sp³-hybridized carbons (Fsp3) is 0.412. The lowest BCUT2D eigenvalue weighted by atomic mass is 9.97. The molecule has 2 atom stereocenters. The number of nitrogens with zero attached hydrogens (tertiary/aromatic N) is 4. The second-order valence-corrected chi connectivity index (χ2v) is 6.21. The number of amides is 1. The highest BCUT2D eigenvalue weighted by Gasteiger charge is 2.35. The lowest BCUT2D eigenvalue weighted by Gasteiger charge is -2.35. The summed E-state index contributed by atoms with van der Waals surface area (Å²) in [5.41, 5.74) is 1.43. The molecule has 4 rings (SSSR count). The van der Waals surface area contributed by atoms with Crippen LogP contribution in [0.5, 0.6) is 0 Å². The molecule has 0 radical (unpaired) electrons. The topological polar surface area (TPSA) is 77.3 Å². The van der Waals surface area contributed by atoms with Crippen LogP contribution in [-0.2, 0) is 16.0 Å². The van der Waals surface area contributed by atoms with Crippen LogP contribution in [0.3, 0.4) is 0 Å². The third kappa shape index (κ3) is 2.66. The number of aromatic nitrogens is 3. The van der Waals surface area contributed by atoms with Crippen LogP contribution in [0.4, 0.5) is 0 Å². The van der Waals surface area contributed by atoms with E-state index >= 15 is 0 Å². The number of carbonyl (C=O) groups excluding carboxylic acids is 2. The smallest absolute Gasteiger partial charge is 0.339 e. The standard InChI is InChI=1S/C17H18N4O3/c22-16(15-8-12-4-1-2-6-14(12)17(23)24-15)20-7-3-5-13(9-20)21-11-18-10-19-21/h1-2,4,6,10-11,13,15H,3,5,7-9H2/t13-,15-/m1/s1. The average molecular weight is 326 g/mol. The lowest BCUT2D eigenvalue weighted by Crippen LogP contribution is -2.48. The van der Waals surface area contributed by atoms with Gasteiger partial charge in [-0.25, -0.2) is 14.5 Å². The Morgan fingerprint density at radius 1 is 1.29 bits per heavy atom. The number of cyclic esters (lactones) is 1. The van der Waals surface area contributed by atoms with Gasteiger partial charge in [0.15, 0.2) is 6.10 Å². The Bertz CT molecular complexity index is 759. The van der Waals surface area contributed by atoms with Gasteiger partial charge in [-0.1, -0.05) is 18.2 Å². The quantitative estimate of drug-likeness (QED) is 0.776. The first-order chi connectivity index (χ1) is 11.7. The summed E-state index contributed by atoms with van der Waals surface area (Å²) < 4.78 is 7.18. The Labute approximate surface area is 139 Å². The van der Waals surface area contributed by atoms with E-state index in [0.29, 0.717) is 25.1 Å². The molecule has 1 amide bonds. The van der Waals surface area contributed by atoms with Gasteiger partial charge in [-0.05, 0) is 24.5 Å². The third-order valence-electron chi connectivity index (χ3n) is 4.69. The zero-order valence-corrected chi connectivity index (χ0v) is 13.2. The van der Waals surface area contributed by atoms with Crippen LogP contribution < -0.4 is 0 Å². The molecular formula is C17H18N4O3. The minimum Gasteiger partial charge on any atom is -0.448 e. The molecule has 0 aliphatic carbocycles. The van der Waals surface area contributed by atoms with E-state index in [1.54, 1.807) is 28.0 Å². The van der Waals surface area contributed by atoms with E-state index in [1.165, 1.54) is 6.33 Å². The Morgan fingerprint density at radius 2 is 2.17 bits per heavy atom. The molecule has 1 saturated heterocycles. The van der Waals surface area contributed by atoms with Crippen LogP contribution in [0.15, 0.2) is 36.9 Å². The number of benzene rings is 1. The van der Waals surface area contributed by atoms with Gasteiger partial charge in [0.05, 0.1) is 11.6 Å². The number of carbonyl (C=O) groups is 2. The molecule has 7 nitrogen and oxygen atoms in total. The predicted molar refractivity (Wildman–Crippen MR) is 84.2 cm³/mol. The Balaban J connectivity index is 1.49. The van der Waals surface area contributed by atoms with E-state index in [4.69, 9.17) is 4.74 Å². The van der Waals surface area contributed by atoms with Gasteiger partial charge >= 0.3 is 5.97 Å². The highest BCUT2D eigenvalue weighted by molar-refractivity contribution is 5.95. The van der Waals surface area contributed by atoms with Crippen molar-refractivity contribution in [3.8, 4) is 0 Å². The summed E-state index contributed by atoms with van der Waals surface area (Å²) in [5, 5.41) is 4.17. The maximum absolute atomic E-state index is 12.8. The number of rotatable bonds is 2. The van der Waals surface area contributed by atoms with Gasteiger partial charge in [-0.3, -0.25) is 4.79 Å². The second-order valence-electron chi connectivity index (χ2n) is 6.21. The lowest BCUT2D eigenvalue weighted by molar-refractivity contribution is -0.142. The number of piperidine rings is 1. The summed E-state index contributed by atoms with van der Waals surface area (Å²) >= 11 is 0. The molecule has 1 fully saturated rings. The molecule has 3 heterocycles.